The van der Waals surface area contributed by atoms with Crippen LogP contribution in [0.25, 0.3) is 4.85 Å². The average Bonchev–Trinajstić information content (AvgIpc) is 1.70. The van der Waals surface area contributed by atoms with E-state index in [4.69, 9.17) is 56.3 Å². The highest BCUT2D eigenvalue weighted by molar-refractivity contribution is 5.86. The molecule has 0 aliphatic carbocycles. The first-order valence-corrected chi connectivity index (χ1v) is 36.8. The molecule has 3 aromatic rings. The van der Waals surface area contributed by atoms with E-state index in [1.807, 2.05) is 181 Å². The molecule has 5 aliphatic rings. The van der Waals surface area contributed by atoms with Crippen molar-refractivity contribution in [2.45, 2.75) is 278 Å². The SMILES string of the molecule is CC(NC1C(=O)O[C@@H](C)[C@@H]1C)N[C@@H](C=O)Cc1ccccc1.CC(N[C@@H]1C(=O)O[C@@H](C)[C@@H]1C)N[C@@H](C=O)Cc1ccccc1.C[C@@H]([C@H](C)O)[C@H](N)C(=O)[O-].C[C@H](C=O)[C@H](C)OC1CCCCO1.C[C@H]1[C@H](C)OC(=O)[C@H]1N.Cl.Cl.Cl.[C-]#[N+]C(NC(C)N[C@@H](C=O)Cc1ccccc1)[C@@H](C)[C@H](C)OC1CCCCO1. The summed E-state index contributed by atoms with van der Waals surface area (Å²) in [4.78, 5) is 92.6. The molecule has 26 nitrogen and oxygen atoms in total. The number of carbonyl (C=O) groups excluding carboxylic acids is 8. The number of benzene rings is 3. The monoisotopic (exact) mass is 1560 g/mol. The third-order valence-corrected chi connectivity index (χ3v) is 19.5. The smallest absolute Gasteiger partial charge is 0.323 e. The number of hydrogen-bond donors (Lipinski definition) is 9. The van der Waals surface area contributed by atoms with Crippen molar-refractivity contribution in [3.8, 4) is 0 Å². The third-order valence-electron chi connectivity index (χ3n) is 19.5. The number of halogens is 3. The zero-order valence-corrected chi connectivity index (χ0v) is 67.4. The summed E-state index contributed by atoms with van der Waals surface area (Å²) in [6, 6.07) is 26.5. The highest BCUT2D eigenvalue weighted by atomic mass is 35.5. The fraction of sp³-hybridized carbons (Fsp3) is 0.654. The van der Waals surface area contributed by atoms with E-state index in [9.17, 15) is 43.5 Å². The van der Waals surface area contributed by atoms with Gasteiger partial charge in [0.15, 0.2) is 12.6 Å². The molecule has 0 saturated carbocycles. The number of hydrogen-bond acceptors (Lipinski definition) is 25. The molecule has 3 aromatic carbocycles. The number of aliphatic carboxylic acids is 1. The minimum Gasteiger partial charge on any atom is -0.548 e. The Kier molecular flexibility index (Phi) is 51.6. The number of aliphatic hydroxyl groups is 1. The largest absolute Gasteiger partial charge is 0.548 e. The molecule has 8 rings (SSSR count). The van der Waals surface area contributed by atoms with Gasteiger partial charge >= 0.3 is 17.9 Å². The van der Waals surface area contributed by atoms with Gasteiger partial charge in [-0.2, -0.15) is 0 Å². The van der Waals surface area contributed by atoms with Crippen molar-refractivity contribution in [3.63, 3.8) is 0 Å². The topological polar surface area (TPSA) is 373 Å². The van der Waals surface area contributed by atoms with E-state index in [-0.39, 0.29) is 177 Å². The maximum atomic E-state index is 11.8. The van der Waals surface area contributed by atoms with Crippen LogP contribution < -0.4 is 48.5 Å². The van der Waals surface area contributed by atoms with Gasteiger partial charge in [0.05, 0.1) is 66.8 Å². The van der Waals surface area contributed by atoms with Crippen LogP contribution in [0.1, 0.15) is 159 Å². The number of aliphatic hydroxyl groups excluding tert-OH is 1. The van der Waals surface area contributed by atoms with E-state index < -0.39 is 36.2 Å². The number of ether oxygens (including phenoxy) is 7. The number of carboxylic acid groups (broad SMARTS) is 1. The molecule has 5 aliphatic heterocycles. The van der Waals surface area contributed by atoms with Gasteiger partial charge in [0.25, 0.3) is 6.17 Å². The summed E-state index contributed by atoms with van der Waals surface area (Å²) in [6.07, 6.45) is 9.66. The minimum absolute atomic E-state index is 0. The molecule has 5 saturated heterocycles. The van der Waals surface area contributed by atoms with Crippen molar-refractivity contribution in [1.29, 1.82) is 0 Å². The Morgan fingerprint density at radius 3 is 1.16 bits per heavy atom. The molecule has 606 valence electrons. The molecular formula is C78H125Cl3N9O17-. The molecular weight excluding hydrogens is 1440 g/mol. The van der Waals surface area contributed by atoms with Crippen LogP contribution >= 0.6 is 37.2 Å². The van der Waals surface area contributed by atoms with Crippen molar-refractivity contribution in [2.75, 3.05) is 13.2 Å². The summed E-state index contributed by atoms with van der Waals surface area (Å²) in [7, 11) is 0. The van der Waals surface area contributed by atoms with Gasteiger partial charge in [-0.05, 0) is 137 Å². The highest BCUT2D eigenvalue weighted by Gasteiger charge is 2.42. The summed E-state index contributed by atoms with van der Waals surface area (Å²) in [5.74, 6) is -2.19. The van der Waals surface area contributed by atoms with Crippen LogP contribution in [-0.2, 0) is 90.8 Å². The fourth-order valence-electron chi connectivity index (χ4n) is 11.5. The predicted octanol–water partition coefficient (Wildman–Crippen LogP) is 6.67. The average molecular weight is 1570 g/mol. The van der Waals surface area contributed by atoms with E-state index in [1.165, 1.54) is 6.92 Å². The number of carbonyl (C=O) groups is 8. The molecule has 0 spiro atoms. The zero-order chi connectivity index (χ0) is 77.6. The third kappa shape index (κ3) is 37.6. The van der Waals surface area contributed by atoms with Gasteiger partial charge in [-0.1, -0.05) is 133 Å². The Hall–Kier alpha value is -5.94. The van der Waals surface area contributed by atoms with E-state index in [0.717, 1.165) is 93.6 Å². The lowest BCUT2D eigenvalue weighted by Crippen LogP contribution is -2.53. The van der Waals surface area contributed by atoms with Gasteiger partial charge in [-0.3, -0.25) is 45.8 Å². The van der Waals surface area contributed by atoms with Crippen molar-refractivity contribution >= 4 is 86.2 Å². The number of nitrogens with zero attached hydrogens (tertiary/aromatic N) is 1. The molecule has 7 unspecified atom stereocenters. The Labute approximate surface area is 653 Å². The van der Waals surface area contributed by atoms with Crippen molar-refractivity contribution in [1.82, 2.24) is 31.9 Å². The molecule has 29 heteroatoms. The van der Waals surface area contributed by atoms with Crippen LogP contribution in [0.5, 0.6) is 0 Å². The van der Waals surface area contributed by atoms with Crippen molar-refractivity contribution in [3.05, 3.63) is 119 Å². The lowest BCUT2D eigenvalue weighted by molar-refractivity contribution is -0.309. The van der Waals surface area contributed by atoms with Crippen LogP contribution in [-0.4, -0.2) is 184 Å². The normalized spacial score (nSPS) is 25.9. The van der Waals surface area contributed by atoms with Crippen molar-refractivity contribution in [2.24, 2.45) is 47.0 Å². The molecule has 0 amide bonds. The number of cyclic esters (lactones) is 3. The Balaban J connectivity index is 0.00000131. The number of carboxylic acids is 1. The molecule has 5 heterocycles. The zero-order valence-electron chi connectivity index (χ0n) is 65.0. The molecule has 25 atom stereocenters. The number of esters is 3. The minimum atomic E-state index is -1.33. The van der Waals surface area contributed by atoms with Crippen LogP contribution in [0, 0.1) is 42.1 Å². The summed E-state index contributed by atoms with van der Waals surface area (Å²) < 4.78 is 37.9. The van der Waals surface area contributed by atoms with Crippen LogP contribution in [0.2, 0.25) is 0 Å². The number of aldehydes is 4. The molecule has 107 heavy (non-hydrogen) atoms. The van der Waals surface area contributed by atoms with Crippen molar-refractivity contribution < 1.29 is 81.7 Å². The Morgan fingerprint density at radius 2 is 0.897 bits per heavy atom. The predicted molar refractivity (Wildman–Crippen MR) is 416 cm³/mol. The lowest BCUT2D eigenvalue weighted by atomic mass is 9.98. The Morgan fingerprint density at radius 1 is 0.542 bits per heavy atom. The van der Waals surface area contributed by atoms with E-state index >= 15 is 0 Å². The summed E-state index contributed by atoms with van der Waals surface area (Å²) in [6.45, 7) is 37.2. The Bertz CT molecular complexity index is 2910. The molecule has 0 bridgehead atoms. The van der Waals surface area contributed by atoms with Gasteiger partial charge in [-0.15, -0.1) is 37.2 Å². The fourth-order valence-corrected chi connectivity index (χ4v) is 11.5. The number of nitrogens with one attached hydrogen (secondary N) is 6. The van der Waals surface area contributed by atoms with Gasteiger partial charge in [-0.25, -0.2) is 11.9 Å². The first-order valence-electron chi connectivity index (χ1n) is 36.8. The van der Waals surface area contributed by atoms with Gasteiger partial charge in [0, 0.05) is 48.8 Å². The quantitative estimate of drug-likeness (QED) is 0.0103. The van der Waals surface area contributed by atoms with Gasteiger partial charge in [0.1, 0.15) is 61.6 Å². The van der Waals surface area contributed by atoms with E-state index in [1.54, 1.807) is 6.92 Å². The molecule has 0 radical (unpaired) electrons. The van der Waals surface area contributed by atoms with Crippen LogP contribution in [0.3, 0.4) is 0 Å². The molecule has 0 aromatic heterocycles. The maximum Gasteiger partial charge on any atom is 0.323 e. The molecule has 5 fully saturated rings. The summed E-state index contributed by atoms with van der Waals surface area (Å²) in [5, 5.41) is 38.4. The van der Waals surface area contributed by atoms with Gasteiger partial charge in [0.2, 0.25) is 0 Å². The number of nitrogens with two attached hydrogens (primary N) is 2. The number of rotatable bonds is 32. The first kappa shape index (κ1) is 101. The van der Waals surface area contributed by atoms with E-state index in [2.05, 4.69) is 36.7 Å². The van der Waals surface area contributed by atoms with E-state index in [0.29, 0.717) is 19.3 Å². The summed E-state index contributed by atoms with van der Waals surface area (Å²) in [5.41, 5.74) is 13.9. The van der Waals surface area contributed by atoms with Crippen LogP contribution in [0.4, 0.5) is 0 Å². The second-order valence-electron chi connectivity index (χ2n) is 28.1. The maximum absolute atomic E-state index is 11.8. The standard InChI is InChI=1S/C22H33N3O3.2C17H24N2O3.C10H18O3.C6H13NO3.C6H11NO2.3ClH/c1-16(17(2)28-21-12-8-9-13-27-21)22(23-4)25-18(3)24-20(15-26)14-19-10-6-5-7-11-19;2*1-11-12(2)22-17(21)16(11)19-13(3)18-15(10-20)9-14-7-5-4-6-8-14;1-8(7-11)9(2)13-10-5-3-4-6-12-10;1-3(4(2)8)5(7)6(9)10;1-3-4(2)9-6(8)5(3)7;;;/h5-7,10-11,15-18,20-22,24-25H,8-9,12-14H2,1-3H3;2*4-8,10-13,15-16,18-19H,9H2,1-3H3;7-10H,3-6H2,1-2H3;3-5,8H,7H2,1-2H3,(H,9,10);3-5H,7H2,1-2H3;3*1H/p-1/t16-,17-,18?,20+,21?,22?;11-,12-,13?,15+,16?;11-,12-,13?,15+,16-;8-,9+,10?;2*3-,4-,5-;;;/m000100.../s1. The summed E-state index contributed by atoms with van der Waals surface area (Å²) >= 11 is 0. The lowest BCUT2D eigenvalue weighted by Gasteiger charge is -2.30. The highest BCUT2D eigenvalue weighted by Crippen LogP contribution is 2.25. The molecule has 11 N–H and O–H groups in total. The van der Waals surface area contributed by atoms with Crippen LogP contribution in [0.15, 0.2) is 91.0 Å². The van der Waals surface area contributed by atoms with Gasteiger partial charge < -0.3 is 78.8 Å². The second kappa shape index (κ2) is 54.6. The second-order valence-corrected chi connectivity index (χ2v) is 28.1. The first-order chi connectivity index (χ1) is 49.4.